The van der Waals surface area contributed by atoms with Gasteiger partial charge in [-0.25, -0.2) is 9.59 Å². The summed E-state index contributed by atoms with van der Waals surface area (Å²) >= 11 is 0. The summed E-state index contributed by atoms with van der Waals surface area (Å²) in [5.41, 5.74) is -1.55. The molecule has 0 bridgehead atoms. The van der Waals surface area contributed by atoms with Crippen molar-refractivity contribution in [1.29, 1.82) is 0 Å². The Hall–Kier alpha value is -3.67. The summed E-state index contributed by atoms with van der Waals surface area (Å²) in [6.07, 6.45) is -1.38. The molecular formula is C29H45N3O9. The van der Waals surface area contributed by atoms with Gasteiger partial charge in [-0.2, -0.15) is 0 Å². The lowest BCUT2D eigenvalue weighted by atomic mass is 10.1. The van der Waals surface area contributed by atoms with Crippen molar-refractivity contribution in [2.24, 2.45) is 0 Å². The van der Waals surface area contributed by atoms with Gasteiger partial charge < -0.3 is 34.9 Å². The molecule has 0 unspecified atom stereocenters. The number of carbonyl (C=O) groups is 5. The molecule has 12 nitrogen and oxygen atoms in total. The number of amides is 3. The molecule has 0 spiro atoms. The Bertz CT molecular complexity index is 1040. The van der Waals surface area contributed by atoms with Crippen molar-refractivity contribution in [2.45, 2.75) is 104 Å². The van der Waals surface area contributed by atoms with Crippen molar-refractivity contribution in [3.05, 3.63) is 35.9 Å². The van der Waals surface area contributed by atoms with E-state index in [4.69, 9.17) is 18.9 Å². The van der Waals surface area contributed by atoms with Crippen LogP contribution in [0.2, 0.25) is 0 Å². The highest BCUT2D eigenvalue weighted by Gasteiger charge is 2.33. The zero-order valence-corrected chi connectivity index (χ0v) is 25.5. The Kier molecular flexibility index (Phi) is 13.2. The fourth-order valence-corrected chi connectivity index (χ4v) is 3.08. The smallest absolute Gasteiger partial charge is 0.407 e. The number of esters is 2. The first-order valence-corrected chi connectivity index (χ1v) is 13.4. The van der Waals surface area contributed by atoms with E-state index in [1.807, 2.05) is 6.07 Å². The van der Waals surface area contributed by atoms with Crippen LogP contribution in [0.3, 0.4) is 0 Å². The van der Waals surface area contributed by atoms with Crippen LogP contribution in [0.15, 0.2) is 30.3 Å². The minimum Gasteiger partial charge on any atom is -0.460 e. The number of rotatable bonds is 12. The summed E-state index contributed by atoms with van der Waals surface area (Å²) in [5.74, 6) is -3.12. The summed E-state index contributed by atoms with van der Waals surface area (Å²) in [7, 11) is 0. The molecular weight excluding hydrogens is 534 g/mol. The van der Waals surface area contributed by atoms with Crippen LogP contribution in [0, 0.1) is 0 Å². The van der Waals surface area contributed by atoms with Crippen LogP contribution in [0.1, 0.15) is 74.3 Å². The van der Waals surface area contributed by atoms with Crippen LogP contribution in [0.5, 0.6) is 0 Å². The zero-order chi connectivity index (χ0) is 31.4. The van der Waals surface area contributed by atoms with E-state index in [2.05, 4.69) is 16.0 Å². The molecule has 0 aliphatic carbocycles. The van der Waals surface area contributed by atoms with Crippen molar-refractivity contribution in [2.75, 3.05) is 13.2 Å². The summed E-state index contributed by atoms with van der Waals surface area (Å²) in [6, 6.07) is 6.30. The van der Waals surface area contributed by atoms with Crippen molar-refractivity contribution < 1.29 is 42.9 Å². The van der Waals surface area contributed by atoms with Gasteiger partial charge in [0, 0.05) is 0 Å². The van der Waals surface area contributed by atoms with Crippen LogP contribution in [0.4, 0.5) is 4.79 Å². The molecule has 0 heterocycles. The topological polar surface area (TPSA) is 158 Å². The molecule has 0 saturated carbocycles. The first-order valence-electron chi connectivity index (χ1n) is 13.4. The van der Waals surface area contributed by atoms with Gasteiger partial charge in [0.2, 0.25) is 11.8 Å². The number of hydrogen-bond acceptors (Lipinski definition) is 9. The van der Waals surface area contributed by atoms with Gasteiger partial charge in [-0.15, -0.1) is 0 Å². The molecule has 1 aromatic carbocycles. The van der Waals surface area contributed by atoms with Gasteiger partial charge in [-0.05, 0) is 67.9 Å². The first kappa shape index (κ1) is 35.4. The molecule has 0 fully saturated rings. The number of ether oxygens (including phenoxy) is 4. The predicted octanol–water partition coefficient (Wildman–Crippen LogP) is 2.77. The summed E-state index contributed by atoms with van der Waals surface area (Å²) < 4.78 is 21.5. The standard InChI is InChI=1S/C29H45N3O9/c1-27(2,3)39-18-21(25(36)41-29(7,8)9)32-24(35)20(15-23(34)40-28(4,5)6)31-22(33)16-30-26(37)38-17-19-13-11-10-12-14-19/h10-14,20-21H,15-18H2,1-9H3,(H,30,37)(H,31,33)(H,32,35)/t20-,21-/m0/s1. The van der Waals surface area contributed by atoms with Crippen molar-refractivity contribution in [1.82, 2.24) is 16.0 Å². The Morgan fingerprint density at radius 2 is 1.34 bits per heavy atom. The van der Waals surface area contributed by atoms with Crippen molar-refractivity contribution >= 4 is 29.8 Å². The molecule has 3 N–H and O–H groups in total. The number of benzene rings is 1. The van der Waals surface area contributed by atoms with Gasteiger partial charge in [-0.3, -0.25) is 14.4 Å². The quantitative estimate of drug-likeness (QED) is 0.250. The lowest BCUT2D eigenvalue weighted by Gasteiger charge is -2.28. The molecule has 12 heteroatoms. The molecule has 0 radical (unpaired) electrons. The van der Waals surface area contributed by atoms with E-state index >= 15 is 0 Å². The minimum absolute atomic E-state index is 0.000652. The van der Waals surface area contributed by atoms with Gasteiger partial charge in [-0.1, -0.05) is 30.3 Å². The molecule has 0 saturated heterocycles. The summed E-state index contributed by atoms with van der Waals surface area (Å²) in [6.45, 7) is 14.6. The normalized spacial score (nSPS) is 13.3. The maximum absolute atomic E-state index is 13.3. The Morgan fingerprint density at radius 3 is 1.88 bits per heavy atom. The highest BCUT2D eigenvalue weighted by molar-refractivity contribution is 5.94. The monoisotopic (exact) mass is 579 g/mol. The van der Waals surface area contributed by atoms with Gasteiger partial charge >= 0.3 is 18.0 Å². The summed E-state index contributed by atoms with van der Waals surface area (Å²) in [5, 5.41) is 7.22. The van der Waals surface area contributed by atoms with Gasteiger partial charge in [0.1, 0.15) is 30.4 Å². The third-order valence-electron chi connectivity index (χ3n) is 4.74. The molecule has 0 aromatic heterocycles. The van der Waals surface area contributed by atoms with E-state index in [1.54, 1.807) is 86.6 Å². The Labute approximate surface area is 242 Å². The third-order valence-corrected chi connectivity index (χ3v) is 4.74. The lowest BCUT2D eigenvalue weighted by molar-refractivity contribution is -0.162. The van der Waals surface area contributed by atoms with E-state index in [-0.39, 0.29) is 13.2 Å². The number of alkyl carbamates (subject to hydrolysis) is 1. The second-order valence-electron chi connectivity index (χ2n) is 12.3. The second-order valence-corrected chi connectivity index (χ2v) is 12.3. The highest BCUT2D eigenvalue weighted by atomic mass is 16.6. The van der Waals surface area contributed by atoms with Gasteiger partial charge in [0.15, 0.2) is 6.04 Å². The van der Waals surface area contributed by atoms with Gasteiger partial charge in [0.25, 0.3) is 0 Å². The molecule has 3 amide bonds. The molecule has 0 aliphatic heterocycles. The van der Waals surface area contributed by atoms with E-state index < -0.39 is 71.7 Å². The van der Waals surface area contributed by atoms with E-state index in [0.29, 0.717) is 0 Å². The van der Waals surface area contributed by atoms with Crippen LogP contribution < -0.4 is 16.0 Å². The van der Waals surface area contributed by atoms with E-state index in [1.165, 1.54) is 0 Å². The molecule has 230 valence electrons. The molecule has 1 rings (SSSR count). The maximum atomic E-state index is 13.3. The lowest BCUT2D eigenvalue weighted by Crippen LogP contribution is -2.56. The second kappa shape index (κ2) is 15.4. The van der Waals surface area contributed by atoms with Crippen molar-refractivity contribution in [3.63, 3.8) is 0 Å². The number of nitrogens with one attached hydrogen (secondary N) is 3. The SMILES string of the molecule is CC(C)(C)OC[C@H](NC(=O)[C@H](CC(=O)OC(C)(C)C)NC(=O)CNC(=O)OCc1ccccc1)C(=O)OC(C)(C)C. The zero-order valence-electron chi connectivity index (χ0n) is 25.5. The molecule has 1 aromatic rings. The number of hydrogen-bond donors (Lipinski definition) is 3. The minimum atomic E-state index is -1.43. The fraction of sp³-hybridized carbons (Fsp3) is 0.621. The maximum Gasteiger partial charge on any atom is 0.407 e. The van der Waals surface area contributed by atoms with E-state index in [9.17, 15) is 24.0 Å². The van der Waals surface area contributed by atoms with Crippen LogP contribution >= 0.6 is 0 Å². The Balaban J connectivity index is 2.95. The van der Waals surface area contributed by atoms with Crippen LogP contribution in [-0.2, 0) is 44.7 Å². The predicted molar refractivity (Wildman–Crippen MR) is 151 cm³/mol. The number of carbonyl (C=O) groups excluding carboxylic acids is 5. The molecule has 41 heavy (non-hydrogen) atoms. The average molecular weight is 580 g/mol. The fourth-order valence-electron chi connectivity index (χ4n) is 3.08. The average Bonchev–Trinajstić information content (AvgIpc) is 2.81. The van der Waals surface area contributed by atoms with Crippen LogP contribution in [0.25, 0.3) is 0 Å². The van der Waals surface area contributed by atoms with Crippen molar-refractivity contribution in [3.8, 4) is 0 Å². The Morgan fingerprint density at radius 1 is 0.756 bits per heavy atom. The van der Waals surface area contributed by atoms with Crippen LogP contribution in [-0.4, -0.2) is 71.9 Å². The third kappa shape index (κ3) is 16.9. The molecule has 0 aliphatic rings. The highest BCUT2D eigenvalue weighted by Crippen LogP contribution is 2.13. The first-order chi connectivity index (χ1) is 18.7. The molecule has 2 atom stereocenters. The van der Waals surface area contributed by atoms with Gasteiger partial charge in [0.05, 0.1) is 18.6 Å². The summed E-state index contributed by atoms with van der Waals surface area (Å²) in [4.78, 5) is 63.3. The largest absolute Gasteiger partial charge is 0.460 e. The van der Waals surface area contributed by atoms with E-state index in [0.717, 1.165) is 5.56 Å².